The van der Waals surface area contributed by atoms with Gasteiger partial charge in [-0.1, -0.05) is 24.3 Å². The molecule has 0 saturated carbocycles. The fourth-order valence-corrected chi connectivity index (χ4v) is 2.37. The molecular formula is C19H13NO4. The van der Waals surface area contributed by atoms with Crippen LogP contribution < -0.4 is 0 Å². The molecule has 3 aromatic carbocycles. The van der Waals surface area contributed by atoms with Crippen molar-refractivity contribution in [2.75, 3.05) is 0 Å². The molecule has 5 nitrogen and oxygen atoms in total. The number of hydrogen-bond acceptors (Lipinski definition) is 4. The zero-order chi connectivity index (χ0) is 17.1. The van der Waals surface area contributed by atoms with Crippen molar-refractivity contribution in [3.05, 3.63) is 88.0 Å². The van der Waals surface area contributed by atoms with Crippen molar-refractivity contribution in [3.8, 4) is 5.75 Å². The number of non-ortho nitro benzene ring substituents is 1. The van der Waals surface area contributed by atoms with Crippen molar-refractivity contribution in [1.29, 1.82) is 0 Å². The van der Waals surface area contributed by atoms with Crippen LogP contribution in [0, 0.1) is 10.1 Å². The van der Waals surface area contributed by atoms with Crippen LogP contribution in [-0.4, -0.2) is 15.8 Å². The third-order valence-corrected chi connectivity index (χ3v) is 3.64. The van der Waals surface area contributed by atoms with Crippen LogP contribution in [0.4, 0.5) is 5.69 Å². The number of hydrogen-bond donors (Lipinski definition) is 1. The molecule has 0 radical (unpaired) electrons. The molecule has 1 N–H and O–H groups in total. The lowest BCUT2D eigenvalue weighted by Gasteiger charge is -2.01. The Hall–Kier alpha value is -3.47. The summed E-state index contributed by atoms with van der Waals surface area (Å²) in [6.45, 7) is 0. The van der Waals surface area contributed by atoms with Crippen LogP contribution in [0.3, 0.4) is 0 Å². The molecule has 0 fully saturated rings. The number of nitro groups is 1. The summed E-state index contributed by atoms with van der Waals surface area (Å²) in [5, 5.41) is 21.9. The summed E-state index contributed by atoms with van der Waals surface area (Å²) >= 11 is 0. The van der Waals surface area contributed by atoms with Crippen LogP contribution in [0.2, 0.25) is 0 Å². The first-order valence-electron chi connectivity index (χ1n) is 7.22. The predicted octanol–water partition coefficient (Wildman–Crippen LogP) is 4.35. The third kappa shape index (κ3) is 3.30. The Morgan fingerprint density at radius 3 is 2.33 bits per heavy atom. The molecule has 0 amide bonds. The summed E-state index contributed by atoms with van der Waals surface area (Å²) in [6, 6.07) is 16.2. The normalized spacial score (nSPS) is 11.0. The number of allylic oxidation sites excluding steroid dienone is 1. The van der Waals surface area contributed by atoms with Gasteiger partial charge in [0.25, 0.3) is 5.69 Å². The van der Waals surface area contributed by atoms with Gasteiger partial charge in [-0.05, 0) is 52.7 Å². The lowest BCUT2D eigenvalue weighted by molar-refractivity contribution is -0.384. The average molecular weight is 319 g/mol. The Balaban J connectivity index is 1.80. The molecule has 0 saturated heterocycles. The Morgan fingerprint density at radius 1 is 0.958 bits per heavy atom. The van der Waals surface area contributed by atoms with Crippen molar-refractivity contribution in [1.82, 2.24) is 0 Å². The van der Waals surface area contributed by atoms with E-state index in [1.54, 1.807) is 24.3 Å². The molecule has 0 unspecified atom stereocenters. The van der Waals surface area contributed by atoms with E-state index in [0.717, 1.165) is 16.3 Å². The number of fused-ring (bicyclic) bond motifs is 1. The minimum atomic E-state index is -0.503. The lowest BCUT2D eigenvalue weighted by Crippen LogP contribution is -1.95. The maximum absolute atomic E-state index is 12.1. The largest absolute Gasteiger partial charge is 0.508 e. The first-order valence-corrected chi connectivity index (χ1v) is 7.22. The van der Waals surface area contributed by atoms with Crippen LogP contribution in [0.1, 0.15) is 15.9 Å². The second-order valence-corrected chi connectivity index (χ2v) is 5.29. The maximum Gasteiger partial charge on any atom is 0.269 e. The number of carbonyl (C=O) groups excluding carboxylic acids is 1. The van der Waals surface area contributed by atoms with Crippen molar-refractivity contribution < 1.29 is 14.8 Å². The van der Waals surface area contributed by atoms with Gasteiger partial charge in [-0.15, -0.1) is 0 Å². The van der Waals surface area contributed by atoms with E-state index in [4.69, 9.17) is 0 Å². The predicted molar refractivity (Wildman–Crippen MR) is 92.1 cm³/mol. The molecule has 0 aliphatic rings. The van der Waals surface area contributed by atoms with E-state index in [0.29, 0.717) is 5.56 Å². The number of aromatic hydroxyl groups is 1. The lowest BCUT2D eigenvalue weighted by atomic mass is 10.0. The summed E-state index contributed by atoms with van der Waals surface area (Å²) in [4.78, 5) is 22.2. The van der Waals surface area contributed by atoms with Crippen LogP contribution in [0.15, 0.2) is 66.7 Å². The summed E-state index contributed by atoms with van der Waals surface area (Å²) in [5.74, 6) is -0.0187. The minimum absolute atomic E-state index is 0.0479. The van der Waals surface area contributed by atoms with Gasteiger partial charge in [-0.2, -0.15) is 0 Å². The number of ketones is 1. The van der Waals surface area contributed by atoms with Gasteiger partial charge in [-0.3, -0.25) is 14.9 Å². The first-order chi connectivity index (χ1) is 11.5. The fraction of sp³-hybridized carbons (Fsp3) is 0. The monoisotopic (exact) mass is 319 g/mol. The second-order valence-electron chi connectivity index (χ2n) is 5.29. The van der Waals surface area contributed by atoms with E-state index < -0.39 is 4.92 Å². The summed E-state index contributed by atoms with van der Waals surface area (Å²) in [6.07, 6.45) is 3.12. The van der Waals surface area contributed by atoms with Gasteiger partial charge in [0.15, 0.2) is 5.78 Å². The van der Waals surface area contributed by atoms with Crippen molar-refractivity contribution in [2.45, 2.75) is 0 Å². The van der Waals surface area contributed by atoms with E-state index >= 15 is 0 Å². The number of nitrogens with zero attached hydrogens (tertiary/aromatic N) is 1. The summed E-state index contributed by atoms with van der Waals surface area (Å²) in [5.41, 5.74) is 1.19. The third-order valence-electron chi connectivity index (χ3n) is 3.64. The molecular weight excluding hydrogens is 306 g/mol. The summed E-state index contributed by atoms with van der Waals surface area (Å²) < 4.78 is 0. The maximum atomic E-state index is 12.1. The quantitative estimate of drug-likeness (QED) is 0.335. The number of nitro benzene ring substituents is 1. The zero-order valence-electron chi connectivity index (χ0n) is 12.5. The highest BCUT2D eigenvalue weighted by molar-refractivity contribution is 6.07. The van der Waals surface area contributed by atoms with Gasteiger partial charge < -0.3 is 5.11 Å². The van der Waals surface area contributed by atoms with Gasteiger partial charge in [0, 0.05) is 17.7 Å². The van der Waals surface area contributed by atoms with Gasteiger partial charge in [0.1, 0.15) is 5.75 Å². The minimum Gasteiger partial charge on any atom is -0.508 e. The molecule has 0 aromatic heterocycles. The van der Waals surface area contributed by atoms with Crippen molar-refractivity contribution in [3.63, 3.8) is 0 Å². The standard InChI is InChI=1S/C19H13NO4/c21-18-9-6-15-11-13(1-3-16(15)12-18)2-10-19(22)14-4-7-17(8-5-14)20(23)24/h1-12,21H/b10-2+. The molecule has 3 rings (SSSR count). The van der Waals surface area contributed by atoms with Gasteiger partial charge >= 0.3 is 0 Å². The molecule has 24 heavy (non-hydrogen) atoms. The average Bonchev–Trinajstić information content (AvgIpc) is 2.59. The summed E-state index contributed by atoms with van der Waals surface area (Å²) in [7, 11) is 0. The SMILES string of the molecule is O=C(/C=C/c1ccc2cc(O)ccc2c1)c1ccc([N+](=O)[O-])cc1. The van der Waals surface area contributed by atoms with Crippen LogP contribution >= 0.6 is 0 Å². The smallest absolute Gasteiger partial charge is 0.269 e. The molecule has 118 valence electrons. The highest BCUT2D eigenvalue weighted by Crippen LogP contribution is 2.21. The number of carbonyl (C=O) groups is 1. The van der Waals surface area contributed by atoms with Crippen molar-refractivity contribution in [2.24, 2.45) is 0 Å². The molecule has 0 atom stereocenters. The molecule has 0 bridgehead atoms. The van der Waals surface area contributed by atoms with Crippen LogP contribution in [0.25, 0.3) is 16.8 Å². The van der Waals surface area contributed by atoms with Gasteiger partial charge in [-0.25, -0.2) is 0 Å². The molecule has 0 aliphatic heterocycles. The number of rotatable bonds is 4. The topological polar surface area (TPSA) is 80.4 Å². The molecule has 0 heterocycles. The molecule has 0 spiro atoms. The molecule has 5 heteroatoms. The Labute approximate surface area is 137 Å². The van der Waals surface area contributed by atoms with Crippen LogP contribution in [0.5, 0.6) is 5.75 Å². The van der Waals surface area contributed by atoms with E-state index in [2.05, 4.69) is 0 Å². The van der Waals surface area contributed by atoms with E-state index in [9.17, 15) is 20.0 Å². The fourth-order valence-electron chi connectivity index (χ4n) is 2.37. The van der Waals surface area contributed by atoms with Gasteiger partial charge in [0.05, 0.1) is 4.92 Å². The second kappa shape index (κ2) is 6.34. The van der Waals surface area contributed by atoms with Crippen molar-refractivity contribution >= 4 is 28.3 Å². The zero-order valence-corrected chi connectivity index (χ0v) is 12.5. The molecule has 0 aliphatic carbocycles. The number of benzene rings is 3. The van der Waals surface area contributed by atoms with E-state index in [-0.39, 0.29) is 17.2 Å². The number of phenols is 1. The Bertz CT molecular complexity index is 959. The molecule has 3 aromatic rings. The highest BCUT2D eigenvalue weighted by Gasteiger charge is 2.07. The first kappa shape index (κ1) is 15.4. The van der Waals surface area contributed by atoms with E-state index in [1.165, 1.54) is 30.3 Å². The highest BCUT2D eigenvalue weighted by atomic mass is 16.6. The van der Waals surface area contributed by atoms with Gasteiger partial charge in [0.2, 0.25) is 0 Å². The van der Waals surface area contributed by atoms with Crippen LogP contribution in [-0.2, 0) is 0 Å². The Kier molecular flexibility index (Phi) is 4.07. The van der Waals surface area contributed by atoms with E-state index in [1.807, 2.05) is 18.2 Å². The Morgan fingerprint density at radius 2 is 1.62 bits per heavy atom. The number of phenolic OH excluding ortho intramolecular Hbond substituents is 1.